The summed E-state index contributed by atoms with van der Waals surface area (Å²) < 4.78 is 2.19. The summed E-state index contributed by atoms with van der Waals surface area (Å²) in [4.78, 5) is 4.86. The molecule has 3 heteroatoms. The molecule has 3 nitrogen and oxygen atoms in total. The summed E-state index contributed by atoms with van der Waals surface area (Å²) in [5.41, 5.74) is 5.49. The number of imidazole rings is 1. The van der Waals surface area contributed by atoms with Gasteiger partial charge in [-0.25, -0.2) is 4.98 Å². The molecule has 1 N–H and O–H groups in total. The number of benzene rings is 2. The Bertz CT molecular complexity index is 956. The third-order valence-electron chi connectivity index (χ3n) is 4.19. The molecule has 118 valence electrons. The highest BCUT2D eigenvalue weighted by Crippen LogP contribution is 2.30. The van der Waals surface area contributed by atoms with Crippen LogP contribution in [0.4, 0.5) is 5.82 Å². The molecule has 2 heterocycles. The standard InChI is InChI=1S/C21H19N3/c1-16-9-8-14-19-23-20(18-12-6-3-7-13-18)21(24(16)19)22-15-17-10-4-2-5-11-17/h2-14,22H,15H2,1H3. The SMILES string of the molecule is Cc1cccc2nc(-c3ccccc3)c(NCc3ccccc3)n12. The molecule has 0 amide bonds. The van der Waals surface area contributed by atoms with Crippen molar-refractivity contribution in [3.05, 3.63) is 90.1 Å². The number of nitrogens with zero attached hydrogens (tertiary/aromatic N) is 2. The fraction of sp³-hybridized carbons (Fsp3) is 0.0952. The Morgan fingerprint density at radius 1 is 0.833 bits per heavy atom. The largest absolute Gasteiger partial charge is 0.365 e. The van der Waals surface area contributed by atoms with Crippen LogP contribution in [0.25, 0.3) is 16.9 Å². The molecule has 0 unspecified atom stereocenters. The van der Waals surface area contributed by atoms with Crippen LogP contribution >= 0.6 is 0 Å². The average Bonchev–Trinajstić information content (AvgIpc) is 3.01. The zero-order valence-electron chi connectivity index (χ0n) is 13.6. The van der Waals surface area contributed by atoms with Crippen LogP contribution in [0, 0.1) is 6.92 Å². The van der Waals surface area contributed by atoms with Crippen molar-refractivity contribution in [1.29, 1.82) is 0 Å². The Hall–Kier alpha value is -3.07. The first kappa shape index (κ1) is 14.5. The first-order valence-electron chi connectivity index (χ1n) is 8.14. The Morgan fingerprint density at radius 2 is 1.54 bits per heavy atom. The molecule has 0 bridgehead atoms. The minimum atomic E-state index is 0.767. The summed E-state index contributed by atoms with van der Waals surface area (Å²) in [6, 6.07) is 27.0. The number of anilines is 1. The van der Waals surface area contributed by atoms with Gasteiger partial charge in [0.2, 0.25) is 0 Å². The molecule has 0 aliphatic carbocycles. The molecular formula is C21H19N3. The number of fused-ring (bicyclic) bond motifs is 1. The van der Waals surface area contributed by atoms with E-state index >= 15 is 0 Å². The van der Waals surface area contributed by atoms with Crippen molar-refractivity contribution in [3.63, 3.8) is 0 Å². The number of pyridine rings is 1. The van der Waals surface area contributed by atoms with Gasteiger partial charge in [-0.3, -0.25) is 4.40 Å². The van der Waals surface area contributed by atoms with E-state index in [1.54, 1.807) is 0 Å². The molecule has 24 heavy (non-hydrogen) atoms. The maximum atomic E-state index is 4.86. The summed E-state index contributed by atoms with van der Waals surface area (Å²) in [5.74, 6) is 1.04. The highest BCUT2D eigenvalue weighted by molar-refractivity contribution is 5.76. The first-order chi connectivity index (χ1) is 11.8. The molecule has 0 fully saturated rings. The Kier molecular flexibility index (Phi) is 3.75. The monoisotopic (exact) mass is 313 g/mol. The zero-order valence-corrected chi connectivity index (χ0v) is 13.6. The number of nitrogens with one attached hydrogen (secondary N) is 1. The van der Waals surface area contributed by atoms with Gasteiger partial charge in [0.05, 0.1) is 0 Å². The van der Waals surface area contributed by atoms with Gasteiger partial charge in [0.25, 0.3) is 0 Å². The van der Waals surface area contributed by atoms with Gasteiger partial charge in [-0.05, 0) is 24.6 Å². The highest BCUT2D eigenvalue weighted by Gasteiger charge is 2.14. The summed E-state index contributed by atoms with van der Waals surface area (Å²) in [6.07, 6.45) is 0. The van der Waals surface area contributed by atoms with Gasteiger partial charge in [0.15, 0.2) is 0 Å². The van der Waals surface area contributed by atoms with Crippen molar-refractivity contribution >= 4 is 11.5 Å². The van der Waals surface area contributed by atoms with E-state index in [-0.39, 0.29) is 0 Å². The van der Waals surface area contributed by atoms with Crippen molar-refractivity contribution in [2.45, 2.75) is 13.5 Å². The van der Waals surface area contributed by atoms with Crippen LogP contribution in [-0.2, 0) is 6.54 Å². The van der Waals surface area contributed by atoms with Gasteiger partial charge in [-0.2, -0.15) is 0 Å². The van der Waals surface area contributed by atoms with Crippen molar-refractivity contribution in [3.8, 4) is 11.3 Å². The van der Waals surface area contributed by atoms with Crippen molar-refractivity contribution in [1.82, 2.24) is 9.38 Å². The summed E-state index contributed by atoms with van der Waals surface area (Å²) in [5, 5.41) is 3.59. The normalized spacial score (nSPS) is 10.9. The van der Waals surface area contributed by atoms with E-state index in [2.05, 4.69) is 59.1 Å². The van der Waals surface area contributed by atoms with Crippen LogP contribution in [-0.4, -0.2) is 9.38 Å². The van der Waals surface area contributed by atoms with Crippen LogP contribution in [0.2, 0.25) is 0 Å². The lowest BCUT2D eigenvalue weighted by atomic mass is 10.1. The summed E-state index contributed by atoms with van der Waals surface area (Å²) in [6.45, 7) is 2.87. The van der Waals surface area contributed by atoms with Crippen LogP contribution in [0.3, 0.4) is 0 Å². The Labute approximate surface area is 141 Å². The maximum absolute atomic E-state index is 4.86. The molecule has 0 aliphatic heterocycles. The summed E-state index contributed by atoms with van der Waals surface area (Å²) in [7, 11) is 0. The van der Waals surface area contributed by atoms with Crippen molar-refractivity contribution in [2.24, 2.45) is 0 Å². The van der Waals surface area contributed by atoms with E-state index in [1.165, 1.54) is 5.56 Å². The van der Waals surface area contributed by atoms with E-state index in [0.29, 0.717) is 0 Å². The van der Waals surface area contributed by atoms with E-state index < -0.39 is 0 Å². The molecule has 0 spiro atoms. The average molecular weight is 313 g/mol. The highest BCUT2D eigenvalue weighted by atomic mass is 15.1. The van der Waals surface area contributed by atoms with E-state index in [9.17, 15) is 0 Å². The van der Waals surface area contributed by atoms with Gasteiger partial charge in [0.1, 0.15) is 17.2 Å². The molecule has 2 aromatic heterocycles. The third kappa shape index (κ3) is 2.65. The second-order valence-electron chi connectivity index (χ2n) is 5.87. The lowest BCUT2D eigenvalue weighted by Gasteiger charge is -2.10. The minimum absolute atomic E-state index is 0.767. The molecule has 0 aliphatic rings. The molecule has 4 aromatic rings. The summed E-state index contributed by atoms with van der Waals surface area (Å²) >= 11 is 0. The maximum Gasteiger partial charge on any atom is 0.139 e. The fourth-order valence-electron chi connectivity index (χ4n) is 3.00. The number of aryl methyl sites for hydroxylation is 1. The van der Waals surface area contributed by atoms with E-state index in [0.717, 1.165) is 35.0 Å². The van der Waals surface area contributed by atoms with Gasteiger partial charge in [-0.15, -0.1) is 0 Å². The first-order valence-corrected chi connectivity index (χ1v) is 8.14. The smallest absolute Gasteiger partial charge is 0.139 e. The van der Waals surface area contributed by atoms with Gasteiger partial charge < -0.3 is 5.32 Å². The number of hydrogen-bond acceptors (Lipinski definition) is 2. The molecule has 0 saturated carbocycles. The number of hydrogen-bond donors (Lipinski definition) is 1. The second kappa shape index (κ2) is 6.20. The lowest BCUT2D eigenvalue weighted by Crippen LogP contribution is -2.04. The number of rotatable bonds is 4. The van der Waals surface area contributed by atoms with E-state index in [4.69, 9.17) is 4.98 Å². The van der Waals surface area contributed by atoms with Crippen molar-refractivity contribution < 1.29 is 0 Å². The van der Waals surface area contributed by atoms with Gasteiger partial charge >= 0.3 is 0 Å². The fourth-order valence-corrected chi connectivity index (χ4v) is 3.00. The van der Waals surface area contributed by atoms with Crippen molar-refractivity contribution in [2.75, 3.05) is 5.32 Å². The molecule has 2 aromatic carbocycles. The predicted octanol–water partition coefficient (Wildman–Crippen LogP) is 4.92. The van der Waals surface area contributed by atoms with Gasteiger partial charge in [-0.1, -0.05) is 66.7 Å². The Morgan fingerprint density at radius 3 is 2.29 bits per heavy atom. The Balaban J connectivity index is 1.82. The van der Waals surface area contributed by atoms with E-state index in [1.807, 2.05) is 36.4 Å². The molecular weight excluding hydrogens is 294 g/mol. The molecule has 4 rings (SSSR count). The molecule has 0 atom stereocenters. The minimum Gasteiger partial charge on any atom is -0.365 e. The van der Waals surface area contributed by atoms with Crippen LogP contribution in [0.5, 0.6) is 0 Å². The number of aromatic nitrogens is 2. The lowest BCUT2D eigenvalue weighted by molar-refractivity contribution is 1.05. The second-order valence-corrected chi connectivity index (χ2v) is 5.87. The van der Waals surface area contributed by atoms with Gasteiger partial charge in [0, 0.05) is 17.8 Å². The van der Waals surface area contributed by atoms with Crippen LogP contribution < -0.4 is 5.32 Å². The quantitative estimate of drug-likeness (QED) is 0.579. The molecule has 0 radical (unpaired) electrons. The van der Waals surface area contributed by atoms with Crippen LogP contribution in [0.1, 0.15) is 11.3 Å². The molecule has 0 saturated heterocycles. The topological polar surface area (TPSA) is 29.3 Å². The predicted molar refractivity (Wildman–Crippen MR) is 99.1 cm³/mol. The zero-order chi connectivity index (χ0) is 16.4. The van der Waals surface area contributed by atoms with Crippen LogP contribution in [0.15, 0.2) is 78.9 Å². The third-order valence-corrected chi connectivity index (χ3v) is 4.19.